The van der Waals surface area contributed by atoms with Crippen molar-refractivity contribution in [1.29, 1.82) is 0 Å². The van der Waals surface area contributed by atoms with Crippen molar-refractivity contribution in [2.75, 3.05) is 45.8 Å². The van der Waals surface area contributed by atoms with Gasteiger partial charge in [0.05, 0.1) is 13.1 Å². The minimum absolute atomic E-state index is 0.233. The van der Waals surface area contributed by atoms with Crippen molar-refractivity contribution in [2.24, 2.45) is 5.92 Å². The predicted octanol–water partition coefficient (Wildman–Crippen LogP) is -1.73. The van der Waals surface area contributed by atoms with Crippen LogP contribution in [0.5, 0.6) is 0 Å². The molecule has 0 amide bonds. The molecule has 17 heavy (non-hydrogen) atoms. The van der Waals surface area contributed by atoms with E-state index in [-0.39, 0.29) is 19.0 Å². The van der Waals surface area contributed by atoms with Crippen molar-refractivity contribution < 1.29 is 19.8 Å². The van der Waals surface area contributed by atoms with E-state index in [1.807, 2.05) is 0 Å². The lowest BCUT2D eigenvalue weighted by Crippen LogP contribution is -2.41. The van der Waals surface area contributed by atoms with Crippen LogP contribution in [-0.4, -0.2) is 72.9 Å². The minimum Gasteiger partial charge on any atom is -0.480 e. The molecule has 4 N–H and O–H groups in total. The Kier molecular flexibility index (Phi) is 5.88. The molecule has 7 heteroatoms. The molecule has 0 atom stereocenters. The van der Waals surface area contributed by atoms with E-state index in [1.54, 1.807) is 0 Å². The molecule has 0 bridgehead atoms. The Morgan fingerprint density at radius 2 is 1.53 bits per heavy atom. The molecule has 0 aromatic rings. The van der Waals surface area contributed by atoms with Crippen LogP contribution in [0, 0.1) is 5.92 Å². The van der Waals surface area contributed by atoms with Crippen LogP contribution in [0.2, 0.25) is 0 Å². The Labute approximate surface area is 99.8 Å². The van der Waals surface area contributed by atoms with Gasteiger partial charge >= 0.3 is 11.9 Å². The summed E-state index contributed by atoms with van der Waals surface area (Å²) in [4.78, 5) is 22.7. The maximum Gasteiger partial charge on any atom is 0.317 e. The smallest absolute Gasteiger partial charge is 0.317 e. The molecule has 0 aliphatic carbocycles. The van der Waals surface area contributed by atoms with Crippen LogP contribution >= 0.6 is 0 Å². The van der Waals surface area contributed by atoms with E-state index in [1.165, 1.54) is 4.90 Å². The summed E-state index contributed by atoms with van der Waals surface area (Å²) in [5.41, 5.74) is 0. The van der Waals surface area contributed by atoms with E-state index in [4.69, 9.17) is 10.2 Å². The highest BCUT2D eigenvalue weighted by Crippen LogP contribution is 2.01. The van der Waals surface area contributed by atoms with Crippen LogP contribution in [0.1, 0.15) is 0 Å². The van der Waals surface area contributed by atoms with Crippen LogP contribution in [-0.2, 0) is 9.59 Å². The summed E-state index contributed by atoms with van der Waals surface area (Å²) >= 11 is 0. The molecular formula is C10H19N3O4. The average molecular weight is 245 g/mol. The Morgan fingerprint density at radius 3 is 1.94 bits per heavy atom. The number of rotatable bonds is 6. The molecule has 98 valence electrons. The molecule has 0 unspecified atom stereocenters. The highest BCUT2D eigenvalue weighted by Gasteiger charge is 2.19. The summed E-state index contributed by atoms with van der Waals surface area (Å²) in [6.07, 6.45) is 0. The summed E-state index contributed by atoms with van der Waals surface area (Å²) in [6, 6.07) is 0. The number of hydrogen-bond acceptors (Lipinski definition) is 5. The molecule has 0 spiro atoms. The maximum atomic E-state index is 10.6. The highest BCUT2D eigenvalue weighted by atomic mass is 16.4. The standard InChI is InChI=1S/C10H19N3O4/c14-9(15)6-13(7-10(16)17)5-8-3-11-1-2-12-4-8/h8,11-12H,1-7H2,(H,14,15)(H,16,17). The third kappa shape index (κ3) is 6.20. The second-order valence-electron chi connectivity index (χ2n) is 4.23. The summed E-state index contributed by atoms with van der Waals surface area (Å²) in [5, 5.41) is 23.9. The molecule has 0 aromatic heterocycles. The van der Waals surface area contributed by atoms with E-state index in [0.29, 0.717) is 6.54 Å². The normalized spacial score (nSPS) is 17.9. The van der Waals surface area contributed by atoms with Gasteiger partial charge in [0.1, 0.15) is 0 Å². The Hall–Kier alpha value is -1.18. The zero-order chi connectivity index (χ0) is 12.7. The number of aliphatic carboxylic acids is 2. The third-order valence-electron chi connectivity index (χ3n) is 2.58. The average Bonchev–Trinajstić information content (AvgIpc) is 2.44. The van der Waals surface area contributed by atoms with E-state index in [2.05, 4.69) is 10.6 Å². The minimum atomic E-state index is -0.999. The van der Waals surface area contributed by atoms with Gasteiger partial charge in [0.25, 0.3) is 0 Å². The van der Waals surface area contributed by atoms with Crippen LogP contribution in [0.25, 0.3) is 0 Å². The number of nitrogens with zero attached hydrogens (tertiary/aromatic N) is 1. The van der Waals surface area contributed by atoms with Gasteiger partial charge in [-0.05, 0) is 5.92 Å². The van der Waals surface area contributed by atoms with Gasteiger partial charge in [-0.15, -0.1) is 0 Å². The molecule has 1 aliphatic rings. The molecule has 1 saturated heterocycles. The van der Waals surface area contributed by atoms with Crippen LogP contribution < -0.4 is 10.6 Å². The Bertz CT molecular complexity index is 248. The largest absolute Gasteiger partial charge is 0.480 e. The fraction of sp³-hybridized carbons (Fsp3) is 0.800. The van der Waals surface area contributed by atoms with Crippen molar-refractivity contribution in [3.05, 3.63) is 0 Å². The molecule has 1 rings (SSSR count). The Balaban J connectivity index is 2.44. The number of hydrogen-bond donors (Lipinski definition) is 4. The molecule has 1 fully saturated rings. The Morgan fingerprint density at radius 1 is 1.06 bits per heavy atom. The zero-order valence-corrected chi connectivity index (χ0v) is 9.69. The fourth-order valence-corrected chi connectivity index (χ4v) is 1.92. The van der Waals surface area contributed by atoms with Crippen molar-refractivity contribution in [2.45, 2.75) is 0 Å². The number of nitrogens with one attached hydrogen (secondary N) is 2. The lowest BCUT2D eigenvalue weighted by atomic mass is 10.1. The first-order chi connectivity index (χ1) is 8.08. The fourth-order valence-electron chi connectivity index (χ4n) is 1.92. The number of carboxylic acids is 2. The highest BCUT2D eigenvalue weighted by molar-refractivity contribution is 5.72. The van der Waals surface area contributed by atoms with E-state index in [0.717, 1.165) is 26.2 Å². The molecule has 1 aliphatic heterocycles. The van der Waals surface area contributed by atoms with Crippen molar-refractivity contribution >= 4 is 11.9 Å². The van der Waals surface area contributed by atoms with Gasteiger partial charge in [0.15, 0.2) is 0 Å². The zero-order valence-electron chi connectivity index (χ0n) is 9.69. The molecule has 7 nitrogen and oxygen atoms in total. The van der Waals surface area contributed by atoms with Gasteiger partial charge in [-0.2, -0.15) is 0 Å². The van der Waals surface area contributed by atoms with Gasteiger partial charge in [-0.25, -0.2) is 0 Å². The maximum absolute atomic E-state index is 10.6. The summed E-state index contributed by atoms with van der Waals surface area (Å²) in [6.45, 7) is 3.33. The van der Waals surface area contributed by atoms with Crippen molar-refractivity contribution in [1.82, 2.24) is 15.5 Å². The summed E-state index contributed by atoms with van der Waals surface area (Å²) in [7, 11) is 0. The molecule has 1 heterocycles. The van der Waals surface area contributed by atoms with Gasteiger partial charge < -0.3 is 20.8 Å². The second-order valence-corrected chi connectivity index (χ2v) is 4.23. The first kappa shape index (κ1) is 13.9. The third-order valence-corrected chi connectivity index (χ3v) is 2.58. The number of carboxylic acid groups (broad SMARTS) is 2. The molecule has 0 aromatic carbocycles. The van der Waals surface area contributed by atoms with Crippen molar-refractivity contribution in [3.63, 3.8) is 0 Å². The second kappa shape index (κ2) is 7.21. The summed E-state index contributed by atoms with van der Waals surface area (Å²) in [5.74, 6) is -1.77. The van der Waals surface area contributed by atoms with Crippen LogP contribution in [0.4, 0.5) is 0 Å². The topological polar surface area (TPSA) is 102 Å². The number of carbonyl (C=O) groups is 2. The molecule has 0 radical (unpaired) electrons. The van der Waals surface area contributed by atoms with Gasteiger partial charge in [0.2, 0.25) is 0 Å². The molecular weight excluding hydrogens is 226 g/mol. The SMILES string of the molecule is O=C(O)CN(CC(=O)O)CC1CNCCNC1. The van der Waals surface area contributed by atoms with Crippen LogP contribution in [0.15, 0.2) is 0 Å². The monoisotopic (exact) mass is 245 g/mol. The van der Waals surface area contributed by atoms with Crippen molar-refractivity contribution in [3.8, 4) is 0 Å². The summed E-state index contributed by atoms with van der Waals surface area (Å²) < 4.78 is 0. The van der Waals surface area contributed by atoms with E-state index < -0.39 is 11.9 Å². The lowest BCUT2D eigenvalue weighted by molar-refractivity contribution is -0.142. The molecule has 0 saturated carbocycles. The predicted molar refractivity (Wildman–Crippen MR) is 60.9 cm³/mol. The van der Waals surface area contributed by atoms with E-state index in [9.17, 15) is 9.59 Å². The lowest BCUT2D eigenvalue weighted by Gasteiger charge is -2.23. The van der Waals surface area contributed by atoms with Gasteiger partial charge in [0, 0.05) is 32.7 Å². The van der Waals surface area contributed by atoms with Gasteiger partial charge in [-0.1, -0.05) is 0 Å². The van der Waals surface area contributed by atoms with E-state index >= 15 is 0 Å². The first-order valence-corrected chi connectivity index (χ1v) is 5.65. The quantitative estimate of drug-likeness (QED) is 0.441. The first-order valence-electron chi connectivity index (χ1n) is 5.65. The van der Waals surface area contributed by atoms with Crippen LogP contribution in [0.3, 0.4) is 0 Å². The van der Waals surface area contributed by atoms with Gasteiger partial charge in [-0.3, -0.25) is 14.5 Å².